The van der Waals surface area contributed by atoms with Crippen LogP contribution in [0.2, 0.25) is 5.15 Å². The van der Waals surface area contributed by atoms with Crippen molar-refractivity contribution in [2.75, 3.05) is 5.73 Å². The number of hydrogen-bond acceptors (Lipinski definition) is 3. The van der Waals surface area contributed by atoms with Crippen molar-refractivity contribution in [1.29, 1.82) is 0 Å². The van der Waals surface area contributed by atoms with Gasteiger partial charge in [-0.2, -0.15) is 13.2 Å². The largest absolute Gasteiger partial charge is 0.451 e. The molecule has 0 amide bonds. The molecule has 3 nitrogen and oxygen atoms in total. The average Bonchev–Trinajstić information content (AvgIpc) is 1.82. The third-order valence-electron chi connectivity index (χ3n) is 0.968. The highest BCUT2D eigenvalue weighted by atomic mass is 35.5. The fourth-order valence-corrected chi connectivity index (χ4v) is 0.754. The summed E-state index contributed by atoms with van der Waals surface area (Å²) in [6.45, 7) is 0. The number of anilines is 1. The number of halogens is 4. The van der Waals surface area contributed by atoms with Gasteiger partial charge in [0.1, 0.15) is 11.0 Å². The molecule has 1 aromatic rings. The van der Waals surface area contributed by atoms with E-state index in [-0.39, 0.29) is 11.0 Å². The zero-order valence-corrected chi connectivity index (χ0v) is 6.32. The maximum atomic E-state index is 11.9. The molecule has 12 heavy (non-hydrogen) atoms. The van der Waals surface area contributed by atoms with E-state index in [1.807, 2.05) is 0 Å². The van der Waals surface area contributed by atoms with Crippen molar-refractivity contribution < 1.29 is 13.2 Å². The maximum Gasteiger partial charge on any atom is 0.451 e. The number of alkyl halides is 3. The van der Waals surface area contributed by atoms with Gasteiger partial charge in [-0.05, 0) is 0 Å². The van der Waals surface area contributed by atoms with Gasteiger partial charge in [0.25, 0.3) is 0 Å². The van der Waals surface area contributed by atoms with Gasteiger partial charge in [0.2, 0.25) is 5.82 Å². The molecule has 0 saturated carbocycles. The lowest BCUT2D eigenvalue weighted by Crippen LogP contribution is -2.12. The van der Waals surface area contributed by atoms with Crippen molar-refractivity contribution in [1.82, 2.24) is 9.97 Å². The van der Waals surface area contributed by atoms with E-state index in [1.165, 1.54) is 0 Å². The highest BCUT2D eigenvalue weighted by molar-refractivity contribution is 6.29. The Balaban J connectivity index is 3.18. The van der Waals surface area contributed by atoms with Crippen molar-refractivity contribution in [2.24, 2.45) is 0 Å². The predicted octanol–water partition coefficient (Wildman–Crippen LogP) is 1.73. The Hall–Kier alpha value is -1.04. The second-order valence-electron chi connectivity index (χ2n) is 1.94. The Labute approximate surface area is 70.4 Å². The van der Waals surface area contributed by atoms with Crippen LogP contribution in [-0.2, 0) is 6.18 Å². The highest BCUT2D eigenvalue weighted by Crippen LogP contribution is 2.27. The summed E-state index contributed by atoms with van der Waals surface area (Å²) in [6.07, 6.45) is -4.61. The molecule has 0 saturated heterocycles. The zero-order chi connectivity index (χ0) is 9.35. The Bertz CT molecular complexity index is 278. The van der Waals surface area contributed by atoms with E-state index in [9.17, 15) is 13.2 Å². The minimum atomic E-state index is -4.61. The molecular weight excluding hydrogens is 195 g/mol. The molecule has 1 rings (SSSR count). The molecule has 0 aromatic carbocycles. The van der Waals surface area contributed by atoms with Crippen LogP contribution in [0.5, 0.6) is 0 Å². The molecule has 66 valence electrons. The fourth-order valence-electron chi connectivity index (χ4n) is 0.562. The second kappa shape index (κ2) is 2.78. The second-order valence-corrected chi connectivity index (χ2v) is 2.32. The summed E-state index contributed by atoms with van der Waals surface area (Å²) < 4.78 is 35.7. The van der Waals surface area contributed by atoms with E-state index >= 15 is 0 Å². The predicted molar refractivity (Wildman–Crippen MR) is 36.5 cm³/mol. The van der Waals surface area contributed by atoms with Gasteiger partial charge < -0.3 is 5.73 Å². The summed E-state index contributed by atoms with van der Waals surface area (Å²) in [7, 11) is 0. The van der Waals surface area contributed by atoms with Crippen LogP contribution >= 0.6 is 11.6 Å². The molecule has 0 radical (unpaired) electrons. The average molecular weight is 198 g/mol. The Kier molecular flexibility index (Phi) is 2.10. The lowest BCUT2D eigenvalue weighted by Gasteiger charge is -2.04. The summed E-state index contributed by atoms with van der Waals surface area (Å²) in [5.74, 6) is -1.63. The number of rotatable bonds is 0. The van der Waals surface area contributed by atoms with E-state index in [0.29, 0.717) is 0 Å². The van der Waals surface area contributed by atoms with Crippen LogP contribution in [-0.4, -0.2) is 9.97 Å². The molecule has 2 N–H and O–H groups in total. The summed E-state index contributed by atoms with van der Waals surface area (Å²) in [6, 6.07) is 1.04. The van der Waals surface area contributed by atoms with Crippen LogP contribution in [0.3, 0.4) is 0 Å². The first-order valence-corrected chi connectivity index (χ1v) is 3.14. The SMILES string of the molecule is Nc1cc(Cl)nc(C(F)(F)F)n1. The summed E-state index contributed by atoms with van der Waals surface area (Å²) in [4.78, 5) is 5.92. The van der Waals surface area contributed by atoms with Crippen LogP contribution in [0.25, 0.3) is 0 Å². The zero-order valence-electron chi connectivity index (χ0n) is 5.56. The normalized spacial score (nSPS) is 11.7. The van der Waals surface area contributed by atoms with Crippen LogP contribution in [0.1, 0.15) is 5.82 Å². The number of hydrogen-bond donors (Lipinski definition) is 1. The molecule has 0 bridgehead atoms. The number of nitrogens with two attached hydrogens (primary N) is 1. The Morgan fingerprint density at radius 2 is 1.92 bits per heavy atom. The standard InChI is InChI=1S/C5H3ClF3N3/c6-2-1-3(10)12-4(11-2)5(7,8)9/h1H,(H2,10,11,12). The van der Waals surface area contributed by atoms with E-state index in [4.69, 9.17) is 17.3 Å². The van der Waals surface area contributed by atoms with E-state index in [0.717, 1.165) is 6.07 Å². The van der Waals surface area contributed by atoms with Crippen LogP contribution < -0.4 is 5.73 Å². The molecule has 1 aromatic heterocycles. The third kappa shape index (κ3) is 1.97. The van der Waals surface area contributed by atoms with Gasteiger partial charge >= 0.3 is 6.18 Å². The van der Waals surface area contributed by atoms with Crippen LogP contribution in [0.4, 0.5) is 19.0 Å². The molecule has 0 unspecified atom stereocenters. The lowest BCUT2D eigenvalue weighted by molar-refractivity contribution is -0.144. The van der Waals surface area contributed by atoms with Crippen molar-refractivity contribution >= 4 is 17.4 Å². The van der Waals surface area contributed by atoms with Gasteiger partial charge in [0.05, 0.1) is 0 Å². The number of nitrogen functional groups attached to an aromatic ring is 1. The summed E-state index contributed by atoms with van der Waals surface area (Å²) >= 11 is 5.23. The van der Waals surface area contributed by atoms with E-state index in [1.54, 1.807) is 0 Å². The number of aromatic nitrogens is 2. The van der Waals surface area contributed by atoms with E-state index in [2.05, 4.69) is 9.97 Å². The van der Waals surface area contributed by atoms with Gasteiger partial charge in [0, 0.05) is 6.07 Å². The topological polar surface area (TPSA) is 51.8 Å². The van der Waals surface area contributed by atoms with Gasteiger partial charge in [-0.1, -0.05) is 11.6 Å². The first-order valence-electron chi connectivity index (χ1n) is 2.77. The maximum absolute atomic E-state index is 11.9. The first-order chi connectivity index (χ1) is 5.39. The lowest BCUT2D eigenvalue weighted by atomic mass is 10.5. The molecule has 0 atom stereocenters. The van der Waals surface area contributed by atoms with E-state index < -0.39 is 12.0 Å². The Morgan fingerprint density at radius 1 is 1.33 bits per heavy atom. The van der Waals surface area contributed by atoms with Gasteiger partial charge in [0.15, 0.2) is 0 Å². The van der Waals surface area contributed by atoms with Crippen LogP contribution in [0, 0.1) is 0 Å². The molecule has 0 aliphatic rings. The van der Waals surface area contributed by atoms with Crippen LogP contribution in [0.15, 0.2) is 6.07 Å². The smallest absolute Gasteiger partial charge is 0.384 e. The van der Waals surface area contributed by atoms with Gasteiger partial charge in [-0.15, -0.1) is 0 Å². The Morgan fingerprint density at radius 3 is 2.33 bits per heavy atom. The third-order valence-corrected chi connectivity index (χ3v) is 1.16. The molecule has 0 spiro atoms. The molecule has 0 fully saturated rings. The van der Waals surface area contributed by atoms with Gasteiger partial charge in [-0.25, -0.2) is 9.97 Å². The monoisotopic (exact) mass is 197 g/mol. The molecule has 0 aliphatic carbocycles. The molecular formula is C5H3ClF3N3. The molecule has 7 heteroatoms. The quantitative estimate of drug-likeness (QED) is 0.645. The molecule has 0 aliphatic heterocycles. The van der Waals surface area contributed by atoms with Crippen molar-refractivity contribution in [3.63, 3.8) is 0 Å². The minimum absolute atomic E-state index is 0.303. The van der Waals surface area contributed by atoms with Crippen molar-refractivity contribution in [3.05, 3.63) is 17.0 Å². The minimum Gasteiger partial charge on any atom is -0.384 e. The highest BCUT2D eigenvalue weighted by Gasteiger charge is 2.35. The first kappa shape index (κ1) is 9.05. The van der Waals surface area contributed by atoms with Gasteiger partial charge in [-0.3, -0.25) is 0 Å². The summed E-state index contributed by atoms with van der Waals surface area (Å²) in [5.41, 5.74) is 5.02. The number of nitrogens with zero attached hydrogens (tertiary/aromatic N) is 2. The molecule has 1 heterocycles. The van der Waals surface area contributed by atoms with Crippen molar-refractivity contribution in [3.8, 4) is 0 Å². The fraction of sp³-hybridized carbons (Fsp3) is 0.200. The van der Waals surface area contributed by atoms with Crippen molar-refractivity contribution in [2.45, 2.75) is 6.18 Å². The summed E-state index contributed by atoms with van der Waals surface area (Å²) in [5, 5.41) is -0.324.